The zero-order chi connectivity index (χ0) is 13.7. The van der Waals surface area contributed by atoms with Crippen LogP contribution in [-0.4, -0.2) is 42.4 Å². The molecule has 0 aromatic heterocycles. The molecule has 0 radical (unpaired) electrons. The predicted molar refractivity (Wildman–Crippen MR) is 73.4 cm³/mol. The van der Waals surface area contributed by atoms with Gasteiger partial charge in [-0.2, -0.15) is 0 Å². The van der Waals surface area contributed by atoms with Crippen molar-refractivity contribution in [2.24, 2.45) is 11.7 Å². The minimum Gasteiger partial charge on any atom is -0.370 e. The second-order valence-corrected chi connectivity index (χ2v) is 5.80. The maximum Gasteiger partial charge on any atom is 0.239 e. The van der Waals surface area contributed by atoms with Crippen molar-refractivity contribution >= 4 is 11.8 Å². The van der Waals surface area contributed by atoms with Crippen LogP contribution in [-0.2, 0) is 9.59 Å². The summed E-state index contributed by atoms with van der Waals surface area (Å²) in [6, 6.07) is 0.0173. The summed E-state index contributed by atoms with van der Waals surface area (Å²) in [4.78, 5) is 25.2. The molecule has 0 bridgehead atoms. The molecule has 5 heteroatoms. The van der Waals surface area contributed by atoms with Crippen LogP contribution in [0, 0.1) is 5.92 Å². The molecule has 2 amide bonds. The third-order valence-corrected chi connectivity index (χ3v) is 4.24. The molecule has 2 unspecified atom stereocenters. The summed E-state index contributed by atoms with van der Waals surface area (Å²) in [6.45, 7) is 2.61. The normalized spacial score (nSPS) is 28.1. The maximum atomic E-state index is 12.4. The van der Waals surface area contributed by atoms with Gasteiger partial charge >= 0.3 is 0 Å². The molecule has 0 aliphatic carbocycles. The summed E-state index contributed by atoms with van der Waals surface area (Å²) in [5.41, 5.74) is 5.19. The van der Waals surface area contributed by atoms with Crippen molar-refractivity contribution in [3.05, 3.63) is 0 Å². The van der Waals surface area contributed by atoms with E-state index in [0.717, 1.165) is 51.7 Å². The van der Waals surface area contributed by atoms with Gasteiger partial charge in [-0.25, -0.2) is 0 Å². The van der Waals surface area contributed by atoms with Crippen molar-refractivity contribution in [1.29, 1.82) is 0 Å². The van der Waals surface area contributed by atoms with Gasteiger partial charge in [0.1, 0.15) is 0 Å². The highest BCUT2D eigenvalue weighted by molar-refractivity contribution is 5.82. The standard InChI is InChI=1S/C14H25N3O2/c15-13(18)7-6-11-4-3-9-17(10-11)14(19)12-5-1-2-8-16-12/h11-12,16H,1-10H2,(H2,15,18). The minimum atomic E-state index is -0.239. The van der Waals surface area contributed by atoms with E-state index in [9.17, 15) is 9.59 Å². The smallest absolute Gasteiger partial charge is 0.239 e. The SMILES string of the molecule is NC(=O)CCC1CCCN(C(=O)C2CCCCN2)C1. The Hall–Kier alpha value is -1.10. The number of nitrogens with one attached hydrogen (secondary N) is 1. The highest BCUT2D eigenvalue weighted by Gasteiger charge is 2.29. The Morgan fingerprint density at radius 2 is 2.05 bits per heavy atom. The number of hydrogen-bond donors (Lipinski definition) is 2. The number of hydrogen-bond acceptors (Lipinski definition) is 3. The molecule has 0 aromatic rings. The molecule has 0 saturated carbocycles. The van der Waals surface area contributed by atoms with Crippen LogP contribution >= 0.6 is 0 Å². The summed E-state index contributed by atoms with van der Waals surface area (Å²) in [7, 11) is 0. The molecule has 19 heavy (non-hydrogen) atoms. The summed E-state index contributed by atoms with van der Waals surface area (Å²) < 4.78 is 0. The fraction of sp³-hybridized carbons (Fsp3) is 0.857. The zero-order valence-electron chi connectivity index (χ0n) is 11.6. The first-order valence-electron chi connectivity index (χ1n) is 7.47. The Balaban J connectivity index is 1.82. The first kappa shape index (κ1) is 14.3. The van der Waals surface area contributed by atoms with Gasteiger partial charge in [0.25, 0.3) is 0 Å². The van der Waals surface area contributed by atoms with Crippen LogP contribution in [0.25, 0.3) is 0 Å². The third-order valence-electron chi connectivity index (χ3n) is 4.24. The molecule has 2 aliphatic rings. The largest absolute Gasteiger partial charge is 0.370 e. The van der Waals surface area contributed by atoms with Crippen LogP contribution in [0.1, 0.15) is 44.9 Å². The summed E-state index contributed by atoms with van der Waals surface area (Å²) >= 11 is 0. The number of rotatable bonds is 4. The van der Waals surface area contributed by atoms with Crippen LogP contribution < -0.4 is 11.1 Å². The van der Waals surface area contributed by atoms with Gasteiger partial charge in [-0.15, -0.1) is 0 Å². The number of piperidine rings is 2. The summed E-state index contributed by atoms with van der Waals surface area (Å²) in [6.07, 6.45) is 6.68. The lowest BCUT2D eigenvalue weighted by Crippen LogP contribution is -2.51. The molecule has 2 heterocycles. The summed E-state index contributed by atoms with van der Waals surface area (Å²) in [5, 5.41) is 3.32. The Labute approximate surface area is 114 Å². The molecule has 2 aliphatic heterocycles. The number of carbonyl (C=O) groups excluding carboxylic acids is 2. The van der Waals surface area contributed by atoms with Gasteiger partial charge in [0.2, 0.25) is 11.8 Å². The van der Waals surface area contributed by atoms with Gasteiger partial charge in [-0.05, 0) is 44.6 Å². The highest BCUT2D eigenvalue weighted by Crippen LogP contribution is 2.22. The first-order chi connectivity index (χ1) is 9.16. The Bertz CT molecular complexity index is 327. The van der Waals surface area contributed by atoms with Crippen molar-refractivity contribution in [3.63, 3.8) is 0 Å². The van der Waals surface area contributed by atoms with E-state index in [1.807, 2.05) is 4.90 Å². The molecule has 0 aromatic carbocycles. The van der Waals surface area contributed by atoms with Crippen LogP contribution in [0.2, 0.25) is 0 Å². The van der Waals surface area contributed by atoms with E-state index in [2.05, 4.69) is 5.32 Å². The minimum absolute atomic E-state index is 0.0173. The van der Waals surface area contributed by atoms with Crippen LogP contribution in [0.15, 0.2) is 0 Å². The lowest BCUT2D eigenvalue weighted by Gasteiger charge is -2.36. The van der Waals surface area contributed by atoms with Gasteiger partial charge in [-0.1, -0.05) is 6.42 Å². The van der Waals surface area contributed by atoms with Gasteiger partial charge < -0.3 is 16.0 Å². The van der Waals surface area contributed by atoms with Crippen molar-refractivity contribution in [2.75, 3.05) is 19.6 Å². The topological polar surface area (TPSA) is 75.4 Å². The van der Waals surface area contributed by atoms with Crippen LogP contribution in [0.5, 0.6) is 0 Å². The molecule has 0 spiro atoms. The second-order valence-electron chi connectivity index (χ2n) is 5.80. The molecule has 2 fully saturated rings. The molecular formula is C14H25N3O2. The molecule has 108 valence electrons. The predicted octanol–water partition coefficient (Wildman–Crippen LogP) is 0.633. The van der Waals surface area contributed by atoms with Crippen molar-refractivity contribution < 1.29 is 9.59 Å². The molecule has 2 atom stereocenters. The van der Waals surface area contributed by atoms with Gasteiger partial charge in [0, 0.05) is 19.5 Å². The average Bonchev–Trinajstić information content (AvgIpc) is 2.45. The number of amides is 2. The highest BCUT2D eigenvalue weighted by atomic mass is 16.2. The van der Waals surface area contributed by atoms with Crippen LogP contribution in [0.4, 0.5) is 0 Å². The number of nitrogens with zero attached hydrogens (tertiary/aromatic N) is 1. The number of nitrogens with two attached hydrogens (primary N) is 1. The fourth-order valence-electron chi connectivity index (χ4n) is 3.13. The van der Waals surface area contributed by atoms with Crippen molar-refractivity contribution in [1.82, 2.24) is 10.2 Å². The zero-order valence-corrected chi connectivity index (χ0v) is 11.6. The molecule has 2 saturated heterocycles. The van der Waals surface area contributed by atoms with E-state index in [4.69, 9.17) is 5.73 Å². The van der Waals surface area contributed by atoms with E-state index >= 15 is 0 Å². The van der Waals surface area contributed by atoms with E-state index in [-0.39, 0.29) is 17.9 Å². The molecule has 2 rings (SSSR count). The Morgan fingerprint density at radius 3 is 2.74 bits per heavy atom. The number of primary amides is 1. The Morgan fingerprint density at radius 1 is 1.21 bits per heavy atom. The Kier molecular flexibility index (Phi) is 5.19. The van der Waals surface area contributed by atoms with Crippen molar-refractivity contribution in [2.45, 2.75) is 51.0 Å². The third kappa shape index (κ3) is 4.20. The van der Waals surface area contributed by atoms with Gasteiger partial charge in [-0.3, -0.25) is 9.59 Å². The van der Waals surface area contributed by atoms with Crippen molar-refractivity contribution in [3.8, 4) is 0 Å². The fourth-order valence-corrected chi connectivity index (χ4v) is 3.13. The number of likely N-dealkylation sites (tertiary alicyclic amines) is 1. The second kappa shape index (κ2) is 6.89. The molecular weight excluding hydrogens is 242 g/mol. The van der Waals surface area contributed by atoms with Gasteiger partial charge in [0.05, 0.1) is 6.04 Å². The quantitative estimate of drug-likeness (QED) is 0.784. The molecule has 5 nitrogen and oxygen atoms in total. The molecule has 3 N–H and O–H groups in total. The van der Waals surface area contributed by atoms with Crippen LogP contribution in [0.3, 0.4) is 0 Å². The van der Waals surface area contributed by atoms with Gasteiger partial charge in [0.15, 0.2) is 0 Å². The first-order valence-corrected chi connectivity index (χ1v) is 7.47. The maximum absolute atomic E-state index is 12.4. The monoisotopic (exact) mass is 267 g/mol. The lowest BCUT2D eigenvalue weighted by atomic mass is 9.92. The lowest BCUT2D eigenvalue weighted by molar-refractivity contribution is -0.135. The van der Waals surface area contributed by atoms with E-state index in [1.54, 1.807) is 0 Å². The average molecular weight is 267 g/mol. The van der Waals surface area contributed by atoms with E-state index < -0.39 is 0 Å². The summed E-state index contributed by atoms with van der Waals surface area (Å²) in [5.74, 6) is 0.453. The van der Waals surface area contributed by atoms with E-state index in [0.29, 0.717) is 12.3 Å². The van der Waals surface area contributed by atoms with E-state index in [1.165, 1.54) is 6.42 Å². The number of carbonyl (C=O) groups is 2.